The lowest BCUT2D eigenvalue weighted by Gasteiger charge is -2.21. The van der Waals surface area contributed by atoms with E-state index in [4.69, 9.17) is 5.11 Å². The molecule has 6 heteroatoms. The van der Waals surface area contributed by atoms with Crippen molar-refractivity contribution in [3.63, 3.8) is 0 Å². The third-order valence-corrected chi connectivity index (χ3v) is 4.25. The molecule has 0 bridgehead atoms. The Kier molecular flexibility index (Phi) is 5.61. The first-order chi connectivity index (χ1) is 8.08. The molecule has 0 saturated heterocycles. The van der Waals surface area contributed by atoms with Crippen LogP contribution in [0.4, 0.5) is 4.79 Å². The topological polar surface area (TPSA) is 78.4 Å². The Morgan fingerprint density at radius 2 is 2.18 bits per heavy atom. The van der Waals surface area contributed by atoms with E-state index in [9.17, 15) is 9.59 Å². The van der Waals surface area contributed by atoms with E-state index in [0.29, 0.717) is 11.7 Å². The van der Waals surface area contributed by atoms with Crippen LogP contribution in [0.5, 0.6) is 0 Å². The molecule has 1 fully saturated rings. The van der Waals surface area contributed by atoms with Crippen LogP contribution in [0.1, 0.15) is 32.6 Å². The molecule has 17 heavy (non-hydrogen) atoms. The number of carbonyl (C=O) groups excluding carboxylic acids is 1. The second-order valence-electron chi connectivity index (χ2n) is 4.23. The van der Waals surface area contributed by atoms with E-state index in [2.05, 4.69) is 10.6 Å². The van der Waals surface area contributed by atoms with Crippen LogP contribution < -0.4 is 10.6 Å². The zero-order chi connectivity index (χ0) is 12.8. The SMILES string of the molecule is CC[C@H](NC(=O)NC1CCCC1SC)C(=O)O. The van der Waals surface area contributed by atoms with E-state index in [-0.39, 0.29) is 12.1 Å². The summed E-state index contributed by atoms with van der Waals surface area (Å²) in [5, 5.41) is 14.6. The number of rotatable bonds is 5. The number of urea groups is 1. The van der Waals surface area contributed by atoms with Gasteiger partial charge in [-0.1, -0.05) is 13.3 Å². The number of hydrogen-bond donors (Lipinski definition) is 3. The highest BCUT2D eigenvalue weighted by atomic mass is 32.2. The maximum absolute atomic E-state index is 11.6. The average molecular weight is 260 g/mol. The monoisotopic (exact) mass is 260 g/mol. The first-order valence-corrected chi connectivity index (χ1v) is 7.19. The van der Waals surface area contributed by atoms with Gasteiger partial charge in [-0.15, -0.1) is 0 Å². The van der Waals surface area contributed by atoms with Crippen LogP contribution in [0.2, 0.25) is 0 Å². The van der Waals surface area contributed by atoms with Crippen LogP contribution in [0.25, 0.3) is 0 Å². The number of thioether (sulfide) groups is 1. The van der Waals surface area contributed by atoms with Gasteiger partial charge < -0.3 is 15.7 Å². The normalized spacial score (nSPS) is 25.3. The summed E-state index contributed by atoms with van der Waals surface area (Å²) in [6.07, 6.45) is 5.63. The van der Waals surface area contributed by atoms with Gasteiger partial charge in [0.2, 0.25) is 0 Å². The molecule has 1 aliphatic carbocycles. The molecule has 98 valence electrons. The first-order valence-electron chi connectivity index (χ1n) is 5.91. The summed E-state index contributed by atoms with van der Waals surface area (Å²) in [4.78, 5) is 22.4. The van der Waals surface area contributed by atoms with E-state index in [1.54, 1.807) is 18.7 Å². The molecule has 5 nitrogen and oxygen atoms in total. The predicted molar refractivity (Wildman–Crippen MR) is 68.3 cm³/mol. The predicted octanol–water partition coefficient (Wildman–Crippen LogP) is 1.43. The largest absolute Gasteiger partial charge is 0.480 e. The standard InChI is InChI=1S/C11H20N2O3S/c1-3-7(10(14)15)12-11(16)13-8-5-4-6-9(8)17-2/h7-9H,3-6H2,1-2H3,(H,14,15)(H2,12,13,16)/t7-,8?,9?/m0/s1. The molecule has 3 atom stereocenters. The number of aliphatic carboxylic acids is 1. The minimum atomic E-state index is -0.990. The maximum atomic E-state index is 11.6. The fraction of sp³-hybridized carbons (Fsp3) is 0.818. The van der Waals surface area contributed by atoms with Gasteiger partial charge in [-0.25, -0.2) is 9.59 Å². The van der Waals surface area contributed by atoms with Gasteiger partial charge in [0.05, 0.1) is 0 Å². The van der Waals surface area contributed by atoms with Crippen LogP contribution in [0, 0.1) is 0 Å². The average Bonchev–Trinajstić information content (AvgIpc) is 2.72. The molecule has 0 aliphatic heterocycles. The molecule has 2 amide bonds. The zero-order valence-corrected chi connectivity index (χ0v) is 11.0. The fourth-order valence-electron chi connectivity index (χ4n) is 2.08. The van der Waals surface area contributed by atoms with Crippen molar-refractivity contribution in [3.8, 4) is 0 Å². The van der Waals surface area contributed by atoms with Crippen molar-refractivity contribution in [1.29, 1.82) is 0 Å². The summed E-state index contributed by atoms with van der Waals surface area (Å²) < 4.78 is 0. The van der Waals surface area contributed by atoms with Gasteiger partial charge >= 0.3 is 12.0 Å². The molecule has 3 N–H and O–H groups in total. The van der Waals surface area contributed by atoms with E-state index in [1.165, 1.54) is 0 Å². The number of amides is 2. The van der Waals surface area contributed by atoms with Crippen LogP contribution in [0.3, 0.4) is 0 Å². The van der Waals surface area contributed by atoms with Crippen LogP contribution in [-0.4, -0.2) is 40.7 Å². The lowest BCUT2D eigenvalue weighted by atomic mass is 10.2. The smallest absolute Gasteiger partial charge is 0.326 e. The summed E-state index contributed by atoms with van der Waals surface area (Å²) in [6.45, 7) is 1.74. The van der Waals surface area contributed by atoms with Gasteiger partial charge in [0.25, 0.3) is 0 Å². The van der Waals surface area contributed by atoms with Crippen molar-refractivity contribution in [1.82, 2.24) is 10.6 Å². The van der Waals surface area contributed by atoms with Gasteiger partial charge in [0.1, 0.15) is 6.04 Å². The second kappa shape index (κ2) is 6.74. The van der Waals surface area contributed by atoms with Crippen molar-refractivity contribution < 1.29 is 14.7 Å². The van der Waals surface area contributed by atoms with Crippen LogP contribution >= 0.6 is 11.8 Å². The molecular weight excluding hydrogens is 240 g/mol. The molecule has 1 rings (SSSR count). The Morgan fingerprint density at radius 3 is 2.71 bits per heavy atom. The Bertz CT molecular complexity index is 286. The van der Waals surface area contributed by atoms with Crippen molar-refractivity contribution in [2.24, 2.45) is 0 Å². The van der Waals surface area contributed by atoms with Crippen molar-refractivity contribution in [2.45, 2.75) is 49.9 Å². The molecule has 0 heterocycles. The number of nitrogens with one attached hydrogen (secondary N) is 2. The van der Waals surface area contributed by atoms with E-state index in [1.807, 2.05) is 6.26 Å². The molecule has 1 saturated carbocycles. The molecule has 0 aromatic carbocycles. The highest BCUT2D eigenvalue weighted by Crippen LogP contribution is 2.28. The van der Waals surface area contributed by atoms with Crippen molar-refractivity contribution in [3.05, 3.63) is 0 Å². The Hall–Kier alpha value is -0.910. The summed E-state index contributed by atoms with van der Waals surface area (Å²) in [7, 11) is 0. The summed E-state index contributed by atoms with van der Waals surface area (Å²) >= 11 is 1.75. The Morgan fingerprint density at radius 1 is 1.47 bits per heavy atom. The molecule has 1 aliphatic rings. The lowest BCUT2D eigenvalue weighted by Crippen LogP contribution is -2.50. The van der Waals surface area contributed by atoms with Crippen LogP contribution in [-0.2, 0) is 4.79 Å². The molecule has 0 aromatic heterocycles. The van der Waals surface area contributed by atoms with E-state index in [0.717, 1.165) is 19.3 Å². The van der Waals surface area contributed by atoms with Gasteiger partial charge in [-0.3, -0.25) is 0 Å². The molecule has 0 spiro atoms. The number of carboxylic acid groups (broad SMARTS) is 1. The lowest BCUT2D eigenvalue weighted by molar-refractivity contribution is -0.139. The van der Waals surface area contributed by atoms with E-state index >= 15 is 0 Å². The second-order valence-corrected chi connectivity index (χ2v) is 5.31. The van der Waals surface area contributed by atoms with Crippen LogP contribution in [0.15, 0.2) is 0 Å². The minimum absolute atomic E-state index is 0.163. The van der Waals surface area contributed by atoms with Crippen molar-refractivity contribution in [2.75, 3.05) is 6.26 Å². The fourth-order valence-corrected chi connectivity index (χ4v) is 3.02. The summed E-state index contributed by atoms with van der Waals surface area (Å²) in [5.74, 6) is -0.990. The Labute approximate surface area is 106 Å². The Balaban J connectivity index is 2.41. The van der Waals surface area contributed by atoms with Gasteiger partial charge in [0.15, 0.2) is 0 Å². The first kappa shape index (κ1) is 14.2. The molecule has 0 aromatic rings. The summed E-state index contributed by atoms with van der Waals surface area (Å²) in [6, 6.07) is -1.01. The van der Waals surface area contributed by atoms with Gasteiger partial charge in [-0.2, -0.15) is 11.8 Å². The molecule has 2 unspecified atom stereocenters. The number of carboxylic acids is 1. The number of hydrogen-bond acceptors (Lipinski definition) is 3. The van der Waals surface area contributed by atoms with Gasteiger partial charge in [-0.05, 0) is 25.5 Å². The third-order valence-electron chi connectivity index (χ3n) is 3.08. The summed E-state index contributed by atoms with van der Waals surface area (Å²) in [5.41, 5.74) is 0. The highest BCUT2D eigenvalue weighted by molar-refractivity contribution is 7.99. The highest BCUT2D eigenvalue weighted by Gasteiger charge is 2.28. The minimum Gasteiger partial charge on any atom is -0.480 e. The van der Waals surface area contributed by atoms with Crippen molar-refractivity contribution >= 4 is 23.8 Å². The van der Waals surface area contributed by atoms with Gasteiger partial charge in [0, 0.05) is 11.3 Å². The zero-order valence-electron chi connectivity index (χ0n) is 10.2. The third kappa shape index (κ3) is 4.11. The molecular formula is C11H20N2O3S. The van der Waals surface area contributed by atoms with E-state index < -0.39 is 12.0 Å². The quantitative estimate of drug-likeness (QED) is 0.699. The molecule has 0 radical (unpaired) electrons. The maximum Gasteiger partial charge on any atom is 0.326 e. The number of carbonyl (C=O) groups is 2.